The molecule has 0 saturated heterocycles. The molecule has 1 aliphatic heterocycles. The molecule has 10 aromatic rings. The van der Waals surface area contributed by atoms with E-state index in [1.54, 1.807) is 0 Å². The van der Waals surface area contributed by atoms with Gasteiger partial charge < -0.3 is 0 Å². The van der Waals surface area contributed by atoms with Crippen molar-refractivity contribution >= 4 is 39.6 Å². The fourth-order valence-electron chi connectivity index (χ4n) is 9.06. The van der Waals surface area contributed by atoms with E-state index in [2.05, 4.69) is 206 Å². The normalized spacial score (nSPS) is 12.5. The zero-order chi connectivity index (χ0) is 39.2. The fourth-order valence-corrected chi connectivity index (χ4v) is 14.3. The maximum atomic E-state index is 5.10. The van der Waals surface area contributed by atoms with Gasteiger partial charge in [-0.2, -0.15) is 0 Å². The Labute approximate surface area is 345 Å². The number of benzene rings is 9. The molecule has 0 aliphatic carbocycles. The van der Waals surface area contributed by atoms with Gasteiger partial charge in [-0.3, -0.25) is 0 Å². The Hall–Kier alpha value is -7.53. The molecule has 276 valence electrons. The van der Waals surface area contributed by atoms with Crippen LogP contribution in [0.1, 0.15) is 0 Å². The van der Waals surface area contributed by atoms with Gasteiger partial charge in [-0.05, 0) is 71.0 Å². The molecule has 0 amide bonds. The fraction of sp³-hybridized carbons (Fsp3) is 0. The SMILES string of the molecule is c1ccc(-c2nc(-c3ccc(-c4ccc5ccccc5c4)cc3)nc(-c3ccc(-c4cccc5c4-c4ccccc4[Si]5(c4ccccc4)c4ccccc4)cc3)n2)cc1. The summed E-state index contributed by atoms with van der Waals surface area (Å²) in [4.78, 5) is 15.2. The lowest BCUT2D eigenvalue weighted by atomic mass is 9.94. The van der Waals surface area contributed by atoms with Crippen molar-refractivity contribution in [3.8, 4) is 67.5 Å². The summed E-state index contributed by atoms with van der Waals surface area (Å²) in [7, 11) is -2.59. The van der Waals surface area contributed by atoms with Crippen molar-refractivity contribution in [3.05, 3.63) is 224 Å². The number of hydrogen-bond donors (Lipinski definition) is 0. The van der Waals surface area contributed by atoms with Gasteiger partial charge in [0.15, 0.2) is 25.5 Å². The minimum atomic E-state index is -2.59. The highest BCUT2D eigenvalue weighted by Crippen LogP contribution is 2.37. The van der Waals surface area contributed by atoms with Crippen LogP contribution in [0.25, 0.3) is 78.3 Å². The maximum Gasteiger partial charge on any atom is 0.180 e. The number of hydrogen-bond acceptors (Lipinski definition) is 3. The lowest BCUT2D eigenvalue weighted by Crippen LogP contribution is -2.72. The van der Waals surface area contributed by atoms with E-state index in [4.69, 9.17) is 15.0 Å². The largest absolute Gasteiger partial charge is 0.208 e. The number of aromatic nitrogens is 3. The van der Waals surface area contributed by atoms with Gasteiger partial charge in [-0.25, -0.2) is 15.0 Å². The third kappa shape index (κ3) is 5.92. The molecule has 0 atom stereocenters. The Balaban J connectivity index is 1.00. The third-order valence-corrected chi connectivity index (χ3v) is 16.7. The summed E-state index contributed by atoms with van der Waals surface area (Å²) in [5.74, 6) is 1.93. The van der Waals surface area contributed by atoms with E-state index in [0.717, 1.165) is 27.8 Å². The van der Waals surface area contributed by atoms with Crippen molar-refractivity contribution in [3.63, 3.8) is 0 Å². The molecule has 1 aliphatic rings. The van der Waals surface area contributed by atoms with Crippen LogP contribution in [-0.4, -0.2) is 23.0 Å². The van der Waals surface area contributed by atoms with Crippen molar-refractivity contribution in [1.82, 2.24) is 15.0 Å². The molecule has 0 N–H and O–H groups in total. The highest BCUT2D eigenvalue weighted by molar-refractivity contribution is 7.22. The van der Waals surface area contributed by atoms with Gasteiger partial charge in [-0.15, -0.1) is 0 Å². The Kier molecular flexibility index (Phi) is 8.49. The second-order valence-corrected chi connectivity index (χ2v) is 18.9. The monoisotopic (exact) mass is 767 g/mol. The first-order valence-electron chi connectivity index (χ1n) is 20.1. The van der Waals surface area contributed by atoms with E-state index in [0.29, 0.717) is 17.5 Å². The van der Waals surface area contributed by atoms with E-state index in [1.165, 1.54) is 53.8 Å². The molecule has 0 radical (unpaired) electrons. The molecule has 9 aromatic carbocycles. The lowest BCUT2D eigenvalue weighted by molar-refractivity contribution is 1.07. The summed E-state index contributed by atoms with van der Waals surface area (Å²) < 4.78 is 0. The summed E-state index contributed by atoms with van der Waals surface area (Å²) in [6, 6.07) is 80.9. The van der Waals surface area contributed by atoms with E-state index in [1.807, 2.05) is 18.2 Å². The Bertz CT molecular complexity index is 3090. The molecule has 11 rings (SSSR count). The van der Waals surface area contributed by atoms with Crippen LogP contribution < -0.4 is 20.7 Å². The van der Waals surface area contributed by atoms with Crippen LogP contribution in [0.3, 0.4) is 0 Å². The zero-order valence-corrected chi connectivity index (χ0v) is 33.2. The van der Waals surface area contributed by atoms with Crippen molar-refractivity contribution in [2.75, 3.05) is 0 Å². The first-order valence-corrected chi connectivity index (χ1v) is 22.1. The van der Waals surface area contributed by atoms with Gasteiger partial charge in [0.1, 0.15) is 0 Å². The minimum absolute atomic E-state index is 0.641. The van der Waals surface area contributed by atoms with E-state index < -0.39 is 8.07 Å². The number of rotatable bonds is 7. The summed E-state index contributed by atoms with van der Waals surface area (Å²) in [6.07, 6.45) is 0. The molecule has 0 bridgehead atoms. The second-order valence-electron chi connectivity index (χ2n) is 15.1. The van der Waals surface area contributed by atoms with Crippen molar-refractivity contribution in [2.24, 2.45) is 0 Å². The number of nitrogens with zero attached hydrogens (tertiary/aromatic N) is 3. The summed E-state index contributed by atoms with van der Waals surface area (Å²) >= 11 is 0. The molecule has 0 fully saturated rings. The minimum Gasteiger partial charge on any atom is -0.208 e. The van der Waals surface area contributed by atoms with Gasteiger partial charge in [-0.1, -0.05) is 218 Å². The average molecular weight is 768 g/mol. The Morgan fingerprint density at radius 1 is 0.271 bits per heavy atom. The molecule has 2 heterocycles. The zero-order valence-electron chi connectivity index (χ0n) is 32.2. The Morgan fingerprint density at radius 2 is 0.712 bits per heavy atom. The lowest BCUT2D eigenvalue weighted by Gasteiger charge is -2.31. The molecule has 0 saturated carbocycles. The smallest absolute Gasteiger partial charge is 0.180 e. The van der Waals surface area contributed by atoms with E-state index >= 15 is 0 Å². The molecule has 0 spiro atoms. The highest BCUT2D eigenvalue weighted by Gasteiger charge is 2.49. The Morgan fingerprint density at radius 3 is 1.34 bits per heavy atom. The van der Waals surface area contributed by atoms with Crippen LogP contribution in [0.5, 0.6) is 0 Å². The van der Waals surface area contributed by atoms with E-state index in [9.17, 15) is 0 Å². The molecular weight excluding hydrogens is 731 g/mol. The highest BCUT2D eigenvalue weighted by atomic mass is 28.3. The first kappa shape index (κ1) is 34.7. The third-order valence-electron chi connectivity index (χ3n) is 11.8. The molecular formula is C55H37N3Si. The van der Waals surface area contributed by atoms with Gasteiger partial charge >= 0.3 is 0 Å². The van der Waals surface area contributed by atoms with Crippen molar-refractivity contribution in [1.29, 1.82) is 0 Å². The maximum absolute atomic E-state index is 5.10. The molecule has 4 heteroatoms. The van der Waals surface area contributed by atoms with Crippen LogP contribution in [0, 0.1) is 0 Å². The van der Waals surface area contributed by atoms with Crippen molar-refractivity contribution in [2.45, 2.75) is 0 Å². The standard InChI is InChI=1S/C55H37N3Si/c1-4-16-41(17-5-1)53-56-54(42-32-27-39(28-33-42)45-36-29-38-15-10-11-18-44(38)37-45)58-55(57-53)43-34-30-40(31-35-43)48-24-14-26-51-52(48)49-23-12-13-25-50(49)59(51,46-19-6-2-7-20-46)47-21-8-3-9-22-47/h1-37H. The first-order chi connectivity index (χ1) is 29.2. The molecule has 3 nitrogen and oxygen atoms in total. The molecule has 59 heavy (non-hydrogen) atoms. The second kappa shape index (κ2) is 14.4. The van der Waals surface area contributed by atoms with Crippen LogP contribution >= 0.6 is 0 Å². The van der Waals surface area contributed by atoms with Gasteiger partial charge in [0.25, 0.3) is 0 Å². The van der Waals surface area contributed by atoms with Crippen LogP contribution in [-0.2, 0) is 0 Å². The molecule has 1 aromatic heterocycles. The number of fused-ring (bicyclic) bond motifs is 4. The van der Waals surface area contributed by atoms with Gasteiger partial charge in [0.2, 0.25) is 0 Å². The predicted molar refractivity (Wildman–Crippen MR) is 247 cm³/mol. The average Bonchev–Trinajstić information content (AvgIpc) is 3.63. The predicted octanol–water partition coefficient (Wildman–Crippen LogP) is 10.7. The summed E-state index contributed by atoms with van der Waals surface area (Å²) in [5.41, 5.74) is 10.2. The van der Waals surface area contributed by atoms with Crippen LogP contribution in [0.15, 0.2) is 224 Å². The van der Waals surface area contributed by atoms with E-state index in [-0.39, 0.29) is 0 Å². The summed E-state index contributed by atoms with van der Waals surface area (Å²) in [5, 5.41) is 8.12. The van der Waals surface area contributed by atoms with Crippen LogP contribution in [0.2, 0.25) is 0 Å². The summed E-state index contributed by atoms with van der Waals surface area (Å²) in [6.45, 7) is 0. The van der Waals surface area contributed by atoms with Gasteiger partial charge in [0, 0.05) is 16.7 Å². The van der Waals surface area contributed by atoms with Crippen molar-refractivity contribution < 1.29 is 0 Å². The van der Waals surface area contributed by atoms with Crippen LogP contribution in [0.4, 0.5) is 0 Å². The topological polar surface area (TPSA) is 38.7 Å². The quantitative estimate of drug-likeness (QED) is 0.152. The van der Waals surface area contributed by atoms with Gasteiger partial charge in [0.05, 0.1) is 0 Å². The molecule has 0 unspecified atom stereocenters.